The molecule has 4 heteroatoms. The summed E-state index contributed by atoms with van der Waals surface area (Å²) in [6.45, 7) is 0.391. The van der Waals surface area contributed by atoms with Gasteiger partial charge in [-0.15, -0.1) is 0 Å². The lowest BCUT2D eigenvalue weighted by atomic mass is 10.1. The number of carbonyl (C=O) groups is 1. The predicted molar refractivity (Wildman–Crippen MR) is 77.2 cm³/mol. The molecule has 2 N–H and O–H groups in total. The third-order valence-corrected chi connectivity index (χ3v) is 2.91. The molecule has 2 aromatic carbocycles. The van der Waals surface area contributed by atoms with Crippen molar-refractivity contribution in [1.82, 2.24) is 0 Å². The zero-order chi connectivity index (χ0) is 14.4. The molecule has 0 spiro atoms. The number of carbonyl (C=O) groups excluding carboxylic acids is 1. The van der Waals surface area contributed by atoms with E-state index in [1.807, 2.05) is 30.3 Å². The Labute approximate surface area is 118 Å². The topological polar surface area (TPSA) is 61.5 Å². The molecule has 20 heavy (non-hydrogen) atoms. The Balaban J connectivity index is 2.18. The third-order valence-electron chi connectivity index (χ3n) is 2.91. The second-order valence-corrected chi connectivity index (χ2v) is 4.27. The number of benzene rings is 2. The van der Waals surface area contributed by atoms with Crippen LogP contribution in [0.15, 0.2) is 48.5 Å². The van der Waals surface area contributed by atoms with Gasteiger partial charge >= 0.3 is 0 Å². The monoisotopic (exact) mass is 271 g/mol. The fraction of sp³-hybridized carbons (Fsp3) is 0.188. The second-order valence-electron chi connectivity index (χ2n) is 4.27. The van der Waals surface area contributed by atoms with E-state index in [0.29, 0.717) is 23.7 Å². The molecule has 0 aliphatic rings. The first kappa shape index (κ1) is 14.1. The van der Waals surface area contributed by atoms with Gasteiger partial charge in [0.1, 0.15) is 6.61 Å². The first-order valence-electron chi connectivity index (χ1n) is 6.32. The molecule has 0 aliphatic heterocycles. The Morgan fingerprint density at radius 2 is 1.85 bits per heavy atom. The summed E-state index contributed by atoms with van der Waals surface area (Å²) in [7, 11) is 1.56. The number of Topliss-reactive ketones (excluding diaryl/α,β-unsaturated/α-hetero) is 1. The van der Waals surface area contributed by atoms with Gasteiger partial charge < -0.3 is 15.2 Å². The molecular weight excluding hydrogens is 254 g/mol. The van der Waals surface area contributed by atoms with Crippen LogP contribution in [0.25, 0.3) is 0 Å². The smallest absolute Gasteiger partial charge is 0.176 e. The molecule has 0 saturated heterocycles. The van der Waals surface area contributed by atoms with E-state index in [-0.39, 0.29) is 12.3 Å². The van der Waals surface area contributed by atoms with Crippen molar-refractivity contribution in [3.05, 3.63) is 59.7 Å². The van der Waals surface area contributed by atoms with Gasteiger partial charge in [0.25, 0.3) is 0 Å². The van der Waals surface area contributed by atoms with Gasteiger partial charge in [-0.05, 0) is 23.8 Å². The Morgan fingerprint density at radius 1 is 1.10 bits per heavy atom. The van der Waals surface area contributed by atoms with Crippen LogP contribution >= 0.6 is 0 Å². The second kappa shape index (κ2) is 6.73. The summed E-state index contributed by atoms with van der Waals surface area (Å²) in [5.74, 6) is 1.00. The molecule has 0 saturated carbocycles. The molecule has 0 radical (unpaired) electrons. The van der Waals surface area contributed by atoms with Crippen LogP contribution in [0, 0.1) is 0 Å². The minimum absolute atomic E-state index is 0.0234. The van der Waals surface area contributed by atoms with E-state index in [0.717, 1.165) is 5.56 Å². The normalized spacial score (nSPS) is 10.1. The van der Waals surface area contributed by atoms with Crippen LogP contribution in [-0.4, -0.2) is 19.4 Å². The van der Waals surface area contributed by atoms with E-state index < -0.39 is 0 Å². The summed E-state index contributed by atoms with van der Waals surface area (Å²) in [6.07, 6.45) is 0. The van der Waals surface area contributed by atoms with E-state index in [2.05, 4.69) is 0 Å². The maximum Gasteiger partial charge on any atom is 0.176 e. The van der Waals surface area contributed by atoms with Crippen LogP contribution in [0.2, 0.25) is 0 Å². The molecule has 0 aliphatic carbocycles. The highest BCUT2D eigenvalue weighted by molar-refractivity contribution is 5.98. The molecule has 0 unspecified atom stereocenters. The van der Waals surface area contributed by atoms with Crippen molar-refractivity contribution >= 4 is 5.78 Å². The van der Waals surface area contributed by atoms with Crippen molar-refractivity contribution in [2.45, 2.75) is 6.61 Å². The third kappa shape index (κ3) is 3.36. The Morgan fingerprint density at radius 3 is 2.50 bits per heavy atom. The largest absolute Gasteiger partial charge is 0.493 e. The van der Waals surface area contributed by atoms with Gasteiger partial charge in [-0.2, -0.15) is 0 Å². The fourth-order valence-electron chi connectivity index (χ4n) is 1.82. The van der Waals surface area contributed by atoms with Crippen molar-refractivity contribution in [2.75, 3.05) is 13.7 Å². The lowest BCUT2D eigenvalue weighted by Crippen LogP contribution is -2.13. The summed E-state index contributed by atoms with van der Waals surface area (Å²) in [5, 5.41) is 0. The highest BCUT2D eigenvalue weighted by Crippen LogP contribution is 2.29. The number of methoxy groups -OCH3 is 1. The van der Waals surface area contributed by atoms with Crippen LogP contribution in [0.1, 0.15) is 15.9 Å². The van der Waals surface area contributed by atoms with Gasteiger partial charge in [0.15, 0.2) is 17.3 Å². The van der Waals surface area contributed by atoms with Gasteiger partial charge in [0.05, 0.1) is 13.7 Å². The van der Waals surface area contributed by atoms with Crippen LogP contribution in [0.5, 0.6) is 11.5 Å². The number of ether oxygens (including phenoxy) is 2. The maximum atomic E-state index is 11.6. The predicted octanol–water partition coefficient (Wildman–Crippen LogP) is 2.42. The molecule has 0 bridgehead atoms. The van der Waals surface area contributed by atoms with E-state index in [1.54, 1.807) is 25.3 Å². The van der Waals surface area contributed by atoms with Gasteiger partial charge in [-0.3, -0.25) is 4.79 Å². The molecule has 0 fully saturated rings. The van der Waals surface area contributed by atoms with Crippen LogP contribution in [-0.2, 0) is 6.61 Å². The molecule has 104 valence electrons. The van der Waals surface area contributed by atoms with Crippen molar-refractivity contribution < 1.29 is 14.3 Å². The Kier molecular flexibility index (Phi) is 4.74. The summed E-state index contributed by atoms with van der Waals surface area (Å²) < 4.78 is 11.0. The standard InChI is InChI=1S/C16H17NO3/c1-19-15-8-7-13(14(18)10-17)9-16(15)20-11-12-5-3-2-4-6-12/h2-9H,10-11,17H2,1H3. The number of hydrogen-bond acceptors (Lipinski definition) is 4. The summed E-state index contributed by atoms with van der Waals surface area (Å²) >= 11 is 0. The molecule has 4 nitrogen and oxygen atoms in total. The zero-order valence-electron chi connectivity index (χ0n) is 11.3. The molecule has 0 aromatic heterocycles. The Hall–Kier alpha value is -2.33. The Bertz CT molecular complexity index is 582. The highest BCUT2D eigenvalue weighted by atomic mass is 16.5. The van der Waals surface area contributed by atoms with Crippen LogP contribution in [0.4, 0.5) is 0 Å². The van der Waals surface area contributed by atoms with E-state index in [9.17, 15) is 4.79 Å². The number of nitrogens with two attached hydrogens (primary N) is 1. The minimum Gasteiger partial charge on any atom is -0.493 e. The van der Waals surface area contributed by atoms with E-state index in [1.165, 1.54) is 0 Å². The maximum absolute atomic E-state index is 11.6. The number of rotatable bonds is 6. The van der Waals surface area contributed by atoms with Crippen molar-refractivity contribution in [3.8, 4) is 11.5 Å². The molecule has 2 rings (SSSR count). The first-order chi connectivity index (χ1) is 9.74. The molecule has 0 amide bonds. The van der Waals surface area contributed by atoms with Gasteiger partial charge in [-0.1, -0.05) is 30.3 Å². The van der Waals surface area contributed by atoms with E-state index >= 15 is 0 Å². The average molecular weight is 271 g/mol. The lowest BCUT2D eigenvalue weighted by molar-refractivity contribution is 0.100. The lowest BCUT2D eigenvalue weighted by Gasteiger charge is -2.12. The molecular formula is C16H17NO3. The average Bonchev–Trinajstić information content (AvgIpc) is 2.52. The van der Waals surface area contributed by atoms with Gasteiger partial charge in [0, 0.05) is 5.56 Å². The molecule has 0 atom stereocenters. The van der Waals surface area contributed by atoms with Crippen molar-refractivity contribution in [2.24, 2.45) is 5.73 Å². The first-order valence-corrected chi connectivity index (χ1v) is 6.32. The zero-order valence-corrected chi connectivity index (χ0v) is 11.3. The molecule has 2 aromatic rings. The highest BCUT2D eigenvalue weighted by Gasteiger charge is 2.10. The summed E-state index contributed by atoms with van der Waals surface area (Å²) in [4.78, 5) is 11.6. The quantitative estimate of drug-likeness (QED) is 0.820. The van der Waals surface area contributed by atoms with Crippen LogP contribution in [0.3, 0.4) is 0 Å². The molecule has 0 heterocycles. The fourth-order valence-corrected chi connectivity index (χ4v) is 1.82. The van der Waals surface area contributed by atoms with E-state index in [4.69, 9.17) is 15.2 Å². The van der Waals surface area contributed by atoms with Gasteiger partial charge in [0.2, 0.25) is 0 Å². The van der Waals surface area contributed by atoms with Crippen molar-refractivity contribution in [3.63, 3.8) is 0 Å². The van der Waals surface area contributed by atoms with Crippen molar-refractivity contribution in [1.29, 1.82) is 0 Å². The summed E-state index contributed by atoms with van der Waals surface area (Å²) in [5.41, 5.74) is 6.94. The SMILES string of the molecule is COc1ccc(C(=O)CN)cc1OCc1ccccc1. The summed E-state index contributed by atoms with van der Waals surface area (Å²) in [6, 6.07) is 14.9. The number of hydrogen-bond donors (Lipinski definition) is 1. The minimum atomic E-state index is -0.128. The van der Waals surface area contributed by atoms with Crippen LogP contribution < -0.4 is 15.2 Å². The van der Waals surface area contributed by atoms with Gasteiger partial charge in [-0.25, -0.2) is 0 Å². The number of ketones is 1.